The molecule has 0 spiro atoms. The summed E-state index contributed by atoms with van der Waals surface area (Å²) < 4.78 is 5.95. The molecule has 0 bridgehead atoms. The van der Waals surface area contributed by atoms with Gasteiger partial charge in [0.15, 0.2) is 6.29 Å². The number of nitrogens with zero attached hydrogens (tertiary/aromatic N) is 1. The van der Waals surface area contributed by atoms with Crippen molar-refractivity contribution in [1.82, 2.24) is 4.90 Å². The molecule has 0 saturated heterocycles. The maximum Gasteiger partial charge on any atom is 0.254 e. The Bertz CT molecular complexity index is 712. The van der Waals surface area contributed by atoms with Crippen molar-refractivity contribution in [3.63, 3.8) is 0 Å². The summed E-state index contributed by atoms with van der Waals surface area (Å²) in [5.74, 6) is -0.194. The molecule has 1 amide bonds. The summed E-state index contributed by atoms with van der Waals surface area (Å²) in [6, 6.07) is 16.7. The summed E-state index contributed by atoms with van der Waals surface area (Å²) in [6.45, 7) is 4.66. The van der Waals surface area contributed by atoms with E-state index < -0.39 is 0 Å². The first-order valence-electron chi connectivity index (χ1n) is 8.21. The first kappa shape index (κ1) is 18.6. The van der Waals surface area contributed by atoms with E-state index in [0.29, 0.717) is 37.0 Å². The number of benzene rings is 2. The molecular formula is C21H23NO3. The molecule has 130 valence electrons. The molecule has 25 heavy (non-hydrogen) atoms. The fraction of sp³-hybridized carbons (Fsp3) is 0.238. The van der Waals surface area contributed by atoms with Crippen LogP contribution in [0.2, 0.25) is 0 Å². The molecule has 0 aromatic heterocycles. The largest absolute Gasteiger partial charge is 0.371 e. The number of aldehydes is 1. The van der Waals surface area contributed by atoms with E-state index in [4.69, 9.17) is 4.74 Å². The van der Waals surface area contributed by atoms with E-state index in [1.54, 1.807) is 42.3 Å². The van der Waals surface area contributed by atoms with Crippen molar-refractivity contribution in [2.45, 2.75) is 19.1 Å². The maximum atomic E-state index is 12.6. The van der Waals surface area contributed by atoms with E-state index in [-0.39, 0.29) is 12.0 Å². The first-order chi connectivity index (χ1) is 12.2. The quantitative estimate of drug-likeness (QED) is 0.517. The van der Waals surface area contributed by atoms with Crippen LogP contribution in [0.4, 0.5) is 0 Å². The third-order valence-corrected chi connectivity index (χ3v) is 3.90. The lowest BCUT2D eigenvalue weighted by Gasteiger charge is -2.24. The zero-order chi connectivity index (χ0) is 18.1. The van der Waals surface area contributed by atoms with Gasteiger partial charge in [-0.1, -0.05) is 54.6 Å². The highest BCUT2D eigenvalue weighted by atomic mass is 16.5. The number of likely N-dealkylation sites (N-methyl/N-ethyl adjacent to an activating group) is 1. The van der Waals surface area contributed by atoms with E-state index in [1.807, 2.05) is 30.3 Å². The summed E-state index contributed by atoms with van der Waals surface area (Å²) in [4.78, 5) is 25.3. The highest BCUT2D eigenvalue weighted by molar-refractivity contribution is 6.01. The van der Waals surface area contributed by atoms with Crippen LogP contribution < -0.4 is 0 Å². The Hall–Kier alpha value is -2.72. The third kappa shape index (κ3) is 5.40. The van der Waals surface area contributed by atoms with E-state index in [9.17, 15) is 9.59 Å². The number of rotatable bonds is 9. The van der Waals surface area contributed by atoms with Crippen LogP contribution in [0.5, 0.6) is 0 Å². The van der Waals surface area contributed by atoms with E-state index >= 15 is 0 Å². The van der Waals surface area contributed by atoms with Crippen LogP contribution in [0.25, 0.3) is 0 Å². The van der Waals surface area contributed by atoms with Crippen LogP contribution in [-0.4, -0.2) is 36.8 Å². The monoisotopic (exact) mass is 337 g/mol. The molecule has 0 saturated carbocycles. The Morgan fingerprint density at radius 1 is 1.16 bits per heavy atom. The van der Waals surface area contributed by atoms with E-state index in [0.717, 1.165) is 5.56 Å². The molecule has 0 radical (unpaired) electrons. The van der Waals surface area contributed by atoms with Gasteiger partial charge in [0.1, 0.15) is 0 Å². The Kier molecular flexibility index (Phi) is 7.11. The zero-order valence-corrected chi connectivity index (χ0v) is 14.4. The fourth-order valence-electron chi connectivity index (χ4n) is 2.56. The molecule has 4 nitrogen and oxygen atoms in total. The van der Waals surface area contributed by atoms with Gasteiger partial charge in [-0.2, -0.15) is 0 Å². The van der Waals surface area contributed by atoms with Gasteiger partial charge in [-0.15, -0.1) is 6.58 Å². The Labute approximate surface area is 148 Å². The molecule has 0 aliphatic heterocycles. The normalized spacial score (nSPS) is 11.6. The molecule has 0 aliphatic rings. The molecular weight excluding hydrogens is 314 g/mol. The number of carbonyl (C=O) groups excluding carboxylic acids is 2. The van der Waals surface area contributed by atoms with Gasteiger partial charge in [-0.3, -0.25) is 9.59 Å². The van der Waals surface area contributed by atoms with Gasteiger partial charge in [-0.05, 0) is 18.1 Å². The molecule has 0 aliphatic carbocycles. The number of amides is 1. The number of hydrogen-bond donors (Lipinski definition) is 0. The molecule has 2 aromatic carbocycles. The Morgan fingerprint density at radius 2 is 1.84 bits per heavy atom. The highest BCUT2D eigenvalue weighted by Crippen LogP contribution is 2.12. The topological polar surface area (TPSA) is 46.6 Å². The molecule has 1 unspecified atom stereocenters. The zero-order valence-electron chi connectivity index (χ0n) is 14.4. The highest BCUT2D eigenvalue weighted by Gasteiger charge is 2.19. The minimum Gasteiger partial charge on any atom is -0.371 e. The second kappa shape index (κ2) is 9.55. The second-order valence-electron chi connectivity index (χ2n) is 5.83. The average molecular weight is 337 g/mol. The van der Waals surface area contributed by atoms with Crippen LogP contribution in [0.3, 0.4) is 0 Å². The number of ether oxygens (including phenoxy) is 1. The van der Waals surface area contributed by atoms with Crippen molar-refractivity contribution in [1.29, 1.82) is 0 Å². The lowest BCUT2D eigenvalue weighted by Crippen LogP contribution is -2.35. The van der Waals surface area contributed by atoms with Crippen molar-refractivity contribution in [3.8, 4) is 0 Å². The maximum absolute atomic E-state index is 12.6. The Balaban J connectivity index is 2.01. The SMILES string of the molecule is C=CCC(CN(C)C(=O)c1ccccc1C=O)OCc1ccccc1. The van der Waals surface area contributed by atoms with Crippen LogP contribution >= 0.6 is 0 Å². The van der Waals surface area contributed by atoms with Crippen molar-refractivity contribution >= 4 is 12.2 Å². The van der Waals surface area contributed by atoms with E-state index in [1.165, 1.54) is 0 Å². The third-order valence-electron chi connectivity index (χ3n) is 3.90. The van der Waals surface area contributed by atoms with Gasteiger partial charge >= 0.3 is 0 Å². The molecule has 1 atom stereocenters. The number of hydrogen-bond acceptors (Lipinski definition) is 3. The summed E-state index contributed by atoms with van der Waals surface area (Å²) in [5, 5.41) is 0. The lowest BCUT2D eigenvalue weighted by atomic mass is 10.1. The van der Waals surface area contributed by atoms with Crippen LogP contribution in [0.1, 0.15) is 32.7 Å². The van der Waals surface area contributed by atoms with Crippen LogP contribution in [0.15, 0.2) is 67.3 Å². The standard InChI is InChI=1S/C21H23NO3/c1-3-9-19(25-16-17-10-5-4-6-11-17)14-22(2)21(24)20-13-8-7-12-18(20)15-23/h3-8,10-13,15,19H,1,9,14,16H2,2H3. The fourth-order valence-corrected chi connectivity index (χ4v) is 2.56. The molecule has 2 rings (SSSR count). The summed E-state index contributed by atoms with van der Waals surface area (Å²) in [5.41, 5.74) is 1.88. The van der Waals surface area contributed by atoms with Gasteiger partial charge in [0.25, 0.3) is 5.91 Å². The van der Waals surface area contributed by atoms with Gasteiger partial charge < -0.3 is 9.64 Å². The van der Waals surface area contributed by atoms with Crippen molar-refractivity contribution in [2.75, 3.05) is 13.6 Å². The predicted octanol–water partition coefficient (Wildman–Crippen LogP) is 3.73. The van der Waals surface area contributed by atoms with Crippen molar-refractivity contribution in [2.24, 2.45) is 0 Å². The summed E-state index contributed by atoms with van der Waals surface area (Å²) >= 11 is 0. The van der Waals surface area contributed by atoms with Crippen LogP contribution in [-0.2, 0) is 11.3 Å². The Morgan fingerprint density at radius 3 is 2.52 bits per heavy atom. The van der Waals surface area contributed by atoms with Gasteiger partial charge in [0.05, 0.1) is 18.3 Å². The molecule has 0 N–H and O–H groups in total. The number of carbonyl (C=O) groups is 2. The molecule has 0 fully saturated rings. The average Bonchev–Trinajstić information content (AvgIpc) is 2.66. The van der Waals surface area contributed by atoms with Gasteiger partial charge in [0.2, 0.25) is 0 Å². The molecule has 0 heterocycles. The smallest absolute Gasteiger partial charge is 0.254 e. The molecule has 2 aromatic rings. The lowest BCUT2D eigenvalue weighted by molar-refractivity contribution is 0.0209. The minimum atomic E-state index is -0.194. The second-order valence-corrected chi connectivity index (χ2v) is 5.83. The van der Waals surface area contributed by atoms with Crippen LogP contribution in [0, 0.1) is 0 Å². The summed E-state index contributed by atoms with van der Waals surface area (Å²) in [6.07, 6.45) is 2.97. The molecule has 4 heteroatoms. The van der Waals surface area contributed by atoms with Gasteiger partial charge in [-0.25, -0.2) is 0 Å². The first-order valence-corrected chi connectivity index (χ1v) is 8.21. The summed E-state index contributed by atoms with van der Waals surface area (Å²) in [7, 11) is 1.71. The van der Waals surface area contributed by atoms with Gasteiger partial charge in [0, 0.05) is 19.2 Å². The minimum absolute atomic E-state index is 0.157. The van der Waals surface area contributed by atoms with E-state index in [2.05, 4.69) is 6.58 Å². The van der Waals surface area contributed by atoms with Crippen molar-refractivity contribution < 1.29 is 14.3 Å². The predicted molar refractivity (Wildman–Crippen MR) is 98.6 cm³/mol. The van der Waals surface area contributed by atoms with Crippen molar-refractivity contribution in [3.05, 3.63) is 83.9 Å².